The summed E-state index contributed by atoms with van der Waals surface area (Å²) in [5.74, 6) is 1.47. The van der Waals surface area contributed by atoms with Crippen LogP contribution in [0.25, 0.3) is 0 Å². The van der Waals surface area contributed by atoms with Gasteiger partial charge in [-0.05, 0) is 48.8 Å². The molecular formula is C18H28ClN3O. The van der Waals surface area contributed by atoms with Crippen molar-refractivity contribution in [1.82, 2.24) is 4.90 Å². The minimum absolute atomic E-state index is 0. The first kappa shape index (κ1) is 17.9. The van der Waals surface area contributed by atoms with Crippen LogP contribution < -0.4 is 10.6 Å². The van der Waals surface area contributed by atoms with Crippen LogP contribution in [0.4, 0.5) is 11.4 Å². The number of carbonyl (C=O) groups excluding carboxylic acids is 1. The number of fused-ring (bicyclic) bond motifs is 1. The molecule has 1 aromatic carbocycles. The first-order valence-electron chi connectivity index (χ1n) is 8.44. The molecule has 2 unspecified atom stereocenters. The summed E-state index contributed by atoms with van der Waals surface area (Å²) in [5, 5.41) is 0. The van der Waals surface area contributed by atoms with E-state index < -0.39 is 0 Å². The van der Waals surface area contributed by atoms with Gasteiger partial charge in [-0.3, -0.25) is 4.79 Å². The molecule has 4 nitrogen and oxygen atoms in total. The van der Waals surface area contributed by atoms with Gasteiger partial charge in [0.25, 0.3) is 0 Å². The van der Waals surface area contributed by atoms with Crippen LogP contribution in [0.3, 0.4) is 0 Å². The van der Waals surface area contributed by atoms with Crippen LogP contribution in [0, 0.1) is 11.8 Å². The zero-order valence-electron chi connectivity index (χ0n) is 14.1. The van der Waals surface area contributed by atoms with Crippen LogP contribution in [0.1, 0.15) is 32.3 Å². The number of carbonyl (C=O) groups is 1. The van der Waals surface area contributed by atoms with Crippen molar-refractivity contribution in [2.75, 3.05) is 36.8 Å². The molecule has 2 aliphatic rings. The van der Waals surface area contributed by atoms with Crippen LogP contribution in [-0.2, 0) is 11.2 Å². The summed E-state index contributed by atoms with van der Waals surface area (Å²) in [6, 6.07) is 6.04. The maximum atomic E-state index is 12.7. The van der Waals surface area contributed by atoms with Gasteiger partial charge in [-0.25, -0.2) is 0 Å². The Hall–Kier alpha value is -1.42. The standard InChI is InChI=1S/C18H27N3O.ClH/c1-13-9-14(2)11-21(10-13)18(22)12-20-8-4-5-15-16(19)6-3-7-17(15)20;/h3,6-7,13-14H,4-5,8-12,19H2,1-2H3;1H. The molecule has 0 saturated carbocycles. The first-order chi connectivity index (χ1) is 10.5. The number of benzene rings is 1. The van der Waals surface area contributed by atoms with Crippen molar-refractivity contribution < 1.29 is 4.79 Å². The fourth-order valence-electron chi connectivity index (χ4n) is 4.02. The third-order valence-corrected chi connectivity index (χ3v) is 4.93. The van der Waals surface area contributed by atoms with E-state index in [9.17, 15) is 4.79 Å². The van der Waals surface area contributed by atoms with Gasteiger partial charge >= 0.3 is 0 Å². The highest BCUT2D eigenvalue weighted by Gasteiger charge is 2.28. The van der Waals surface area contributed by atoms with E-state index in [1.807, 2.05) is 12.1 Å². The number of piperidine rings is 1. The van der Waals surface area contributed by atoms with Crippen LogP contribution in [-0.4, -0.2) is 37.0 Å². The number of nitrogen functional groups attached to an aromatic ring is 1. The second kappa shape index (κ2) is 7.43. The van der Waals surface area contributed by atoms with E-state index in [-0.39, 0.29) is 18.3 Å². The number of likely N-dealkylation sites (tertiary alicyclic amines) is 1. The van der Waals surface area contributed by atoms with Crippen molar-refractivity contribution >= 4 is 29.7 Å². The Morgan fingerprint density at radius 2 is 1.96 bits per heavy atom. The number of halogens is 1. The monoisotopic (exact) mass is 337 g/mol. The number of amides is 1. The summed E-state index contributed by atoms with van der Waals surface area (Å²) in [5.41, 5.74) is 9.31. The van der Waals surface area contributed by atoms with E-state index in [2.05, 4.69) is 29.7 Å². The third kappa shape index (κ3) is 3.92. The van der Waals surface area contributed by atoms with Crippen molar-refractivity contribution in [2.24, 2.45) is 11.8 Å². The van der Waals surface area contributed by atoms with E-state index >= 15 is 0 Å². The maximum Gasteiger partial charge on any atom is 0.242 e. The molecule has 0 spiro atoms. The Morgan fingerprint density at radius 3 is 2.65 bits per heavy atom. The topological polar surface area (TPSA) is 49.6 Å². The molecule has 0 radical (unpaired) electrons. The zero-order chi connectivity index (χ0) is 15.7. The molecular weight excluding hydrogens is 310 g/mol. The molecule has 1 fully saturated rings. The molecule has 0 aromatic heterocycles. The zero-order valence-corrected chi connectivity index (χ0v) is 14.9. The fourth-order valence-corrected chi connectivity index (χ4v) is 4.02. The second-order valence-electron chi connectivity index (χ2n) is 7.11. The number of hydrogen-bond donors (Lipinski definition) is 1. The van der Waals surface area contributed by atoms with Gasteiger partial charge in [0.1, 0.15) is 0 Å². The molecule has 1 amide bonds. The van der Waals surface area contributed by atoms with E-state index in [1.165, 1.54) is 12.0 Å². The third-order valence-electron chi connectivity index (χ3n) is 4.93. The van der Waals surface area contributed by atoms with Gasteiger partial charge in [-0.2, -0.15) is 0 Å². The minimum atomic E-state index is 0. The predicted octanol–water partition coefficient (Wildman–Crippen LogP) is 2.95. The van der Waals surface area contributed by atoms with Crippen molar-refractivity contribution in [3.05, 3.63) is 23.8 Å². The summed E-state index contributed by atoms with van der Waals surface area (Å²) >= 11 is 0. The molecule has 3 rings (SSSR count). The van der Waals surface area contributed by atoms with Crippen molar-refractivity contribution in [3.63, 3.8) is 0 Å². The van der Waals surface area contributed by atoms with E-state index in [1.54, 1.807) is 0 Å². The van der Waals surface area contributed by atoms with Crippen molar-refractivity contribution in [3.8, 4) is 0 Å². The molecule has 23 heavy (non-hydrogen) atoms. The first-order valence-corrected chi connectivity index (χ1v) is 8.44. The normalized spacial score (nSPS) is 23.9. The lowest BCUT2D eigenvalue weighted by molar-refractivity contribution is -0.132. The lowest BCUT2D eigenvalue weighted by Crippen LogP contribution is -2.47. The van der Waals surface area contributed by atoms with Crippen molar-refractivity contribution in [2.45, 2.75) is 33.1 Å². The smallest absolute Gasteiger partial charge is 0.242 e. The Morgan fingerprint density at radius 1 is 1.26 bits per heavy atom. The summed E-state index contributed by atoms with van der Waals surface area (Å²) in [7, 11) is 0. The fraction of sp³-hybridized carbons (Fsp3) is 0.611. The van der Waals surface area contributed by atoms with Gasteiger partial charge in [-0.1, -0.05) is 19.9 Å². The number of hydrogen-bond acceptors (Lipinski definition) is 3. The Labute approximate surface area is 145 Å². The Kier molecular flexibility index (Phi) is 5.79. The molecule has 0 bridgehead atoms. The number of nitrogens with zero attached hydrogens (tertiary/aromatic N) is 2. The molecule has 2 N–H and O–H groups in total. The van der Waals surface area contributed by atoms with Gasteiger partial charge < -0.3 is 15.5 Å². The number of anilines is 2. The van der Waals surface area contributed by atoms with Gasteiger partial charge in [-0.15, -0.1) is 12.4 Å². The minimum Gasteiger partial charge on any atom is -0.398 e. The summed E-state index contributed by atoms with van der Waals surface area (Å²) in [4.78, 5) is 17.0. The van der Waals surface area contributed by atoms with E-state index in [0.717, 1.165) is 43.9 Å². The maximum absolute atomic E-state index is 12.7. The SMILES string of the molecule is CC1CC(C)CN(C(=O)CN2CCCc3c(N)cccc32)C1.Cl. The number of rotatable bonds is 2. The van der Waals surface area contributed by atoms with Crippen LogP contribution in [0.5, 0.6) is 0 Å². The summed E-state index contributed by atoms with van der Waals surface area (Å²) in [6.07, 6.45) is 3.32. The molecule has 0 aliphatic carbocycles. The molecule has 1 aromatic rings. The molecule has 128 valence electrons. The molecule has 1 saturated heterocycles. The summed E-state index contributed by atoms with van der Waals surface area (Å²) < 4.78 is 0. The van der Waals surface area contributed by atoms with E-state index in [4.69, 9.17) is 5.73 Å². The van der Waals surface area contributed by atoms with Crippen LogP contribution in [0.2, 0.25) is 0 Å². The highest BCUT2D eigenvalue weighted by Crippen LogP contribution is 2.31. The lowest BCUT2D eigenvalue weighted by Gasteiger charge is -2.38. The second-order valence-corrected chi connectivity index (χ2v) is 7.11. The molecule has 2 aliphatic heterocycles. The Bertz CT molecular complexity index is 553. The number of nitrogens with two attached hydrogens (primary N) is 1. The van der Waals surface area contributed by atoms with Gasteiger partial charge in [0.2, 0.25) is 5.91 Å². The lowest BCUT2D eigenvalue weighted by atomic mass is 9.92. The van der Waals surface area contributed by atoms with Crippen molar-refractivity contribution in [1.29, 1.82) is 0 Å². The highest BCUT2D eigenvalue weighted by atomic mass is 35.5. The van der Waals surface area contributed by atoms with Gasteiger partial charge in [0, 0.05) is 31.0 Å². The quantitative estimate of drug-likeness (QED) is 0.844. The molecule has 2 atom stereocenters. The molecule has 5 heteroatoms. The average Bonchev–Trinajstić information content (AvgIpc) is 2.47. The van der Waals surface area contributed by atoms with Gasteiger partial charge in [0.05, 0.1) is 6.54 Å². The molecule has 2 heterocycles. The summed E-state index contributed by atoms with van der Waals surface area (Å²) in [6.45, 7) is 7.72. The Balaban J connectivity index is 0.00000192. The predicted molar refractivity (Wildman–Crippen MR) is 98.2 cm³/mol. The van der Waals surface area contributed by atoms with Gasteiger partial charge in [0.15, 0.2) is 0 Å². The van der Waals surface area contributed by atoms with Crippen LogP contribution in [0.15, 0.2) is 18.2 Å². The van der Waals surface area contributed by atoms with Crippen LogP contribution >= 0.6 is 12.4 Å². The average molecular weight is 338 g/mol. The largest absolute Gasteiger partial charge is 0.398 e. The highest BCUT2D eigenvalue weighted by molar-refractivity contribution is 5.85. The van der Waals surface area contributed by atoms with E-state index in [0.29, 0.717) is 18.4 Å².